The van der Waals surface area contributed by atoms with Gasteiger partial charge in [-0.05, 0) is 41.5 Å². The smallest absolute Gasteiger partial charge is 0.236 e. The fourth-order valence-electron chi connectivity index (χ4n) is 3.03. The molecule has 3 aromatic rings. The van der Waals surface area contributed by atoms with Crippen molar-refractivity contribution in [3.05, 3.63) is 76.1 Å². The maximum absolute atomic E-state index is 11.3. The second-order valence-electron chi connectivity index (χ2n) is 7.65. The van der Waals surface area contributed by atoms with Crippen LogP contribution in [0.1, 0.15) is 36.2 Å². The molecule has 0 saturated heterocycles. The van der Waals surface area contributed by atoms with Crippen LogP contribution >= 0.6 is 11.6 Å². The quantitative estimate of drug-likeness (QED) is 0.447. The Morgan fingerprint density at radius 1 is 1.18 bits per heavy atom. The van der Waals surface area contributed by atoms with E-state index in [4.69, 9.17) is 16.3 Å². The third-order valence-electron chi connectivity index (χ3n) is 4.86. The van der Waals surface area contributed by atoms with Gasteiger partial charge in [0.1, 0.15) is 18.4 Å². The Morgan fingerprint density at radius 3 is 2.45 bits per heavy atom. The van der Waals surface area contributed by atoms with Gasteiger partial charge in [0, 0.05) is 44.3 Å². The standard InChI is InChI=1S/C22H21ClN4O4S.Y/c1-22(2,16-10-14(12-24)20(28)19(23)11-16)15-4-6-18(7-5-15)31-13-17-8-9-25-21(26-17)27-32(3,29)30;/h4-11,28H,13H2,1-3H3,(H,25,26,27);. The van der Waals surface area contributed by atoms with Gasteiger partial charge < -0.3 is 9.84 Å². The Balaban J connectivity index is 0.00000385. The SMILES string of the molecule is CC(C)(c1ccc(OCc2ccnc(NS(C)(=O)=O)n2)cc1)c1cc(Cl)c(O)c(C#N)c1.[Y]. The molecule has 0 unspecified atom stereocenters. The van der Waals surface area contributed by atoms with E-state index in [0.29, 0.717) is 11.4 Å². The van der Waals surface area contributed by atoms with Crippen LogP contribution in [0, 0.1) is 11.3 Å². The number of ether oxygens (including phenoxy) is 1. The van der Waals surface area contributed by atoms with Crippen LogP contribution < -0.4 is 9.46 Å². The second kappa shape index (κ2) is 10.8. The maximum atomic E-state index is 11.3. The number of nitrogens with zero attached hydrogens (tertiary/aromatic N) is 3. The first kappa shape index (κ1) is 27.0. The number of nitriles is 1. The van der Waals surface area contributed by atoms with E-state index in [1.165, 1.54) is 6.20 Å². The number of halogens is 1. The molecule has 33 heavy (non-hydrogen) atoms. The fourth-order valence-corrected chi connectivity index (χ4v) is 3.68. The summed E-state index contributed by atoms with van der Waals surface area (Å²) in [6, 6.07) is 14.3. The summed E-state index contributed by atoms with van der Waals surface area (Å²) in [6.45, 7) is 4.11. The van der Waals surface area contributed by atoms with Gasteiger partial charge in [-0.2, -0.15) is 5.26 Å². The summed E-state index contributed by atoms with van der Waals surface area (Å²) in [5.74, 6) is 0.356. The number of hydrogen-bond acceptors (Lipinski definition) is 7. The summed E-state index contributed by atoms with van der Waals surface area (Å²) in [5, 5.41) is 19.3. The largest absolute Gasteiger partial charge is 0.505 e. The molecule has 0 bridgehead atoms. The summed E-state index contributed by atoms with van der Waals surface area (Å²) in [4.78, 5) is 7.98. The molecule has 0 saturated carbocycles. The number of nitrogens with one attached hydrogen (secondary N) is 1. The molecule has 0 aliphatic heterocycles. The van der Waals surface area contributed by atoms with Gasteiger partial charge in [-0.15, -0.1) is 0 Å². The first-order valence-electron chi connectivity index (χ1n) is 9.46. The Kier molecular flexibility index (Phi) is 8.83. The van der Waals surface area contributed by atoms with E-state index in [1.807, 2.05) is 32.0 Å². The molecule has 2 N–H and O–H groups in total. The molecule has 11 heteroatoms. The predicted molar refractivity (Wildman–Crippen MR) is 121 cm³/mol. The number of anilines is 1. The first-order chi connectivity index (χ1) is 15.0. The number of aromatic nitrogens is 2. The minimum Gasteiger partial charge on any atom is -0.505 e. The van der Waals surface area contributed by atoms with Gasteiger partial charge in [0.2, 0.25) is 16.0 Å². The molecule has 0 atom stereocenters. The summed E-state index contributed by atoms with van der Waals surface area (Å²) in [7, 11) is -3.47. The number of phenols is 1. The molecule has 0 fully saturated rings. The molecule has 1 radical (unpaired) electrons. The van der Waals surface area contributed by atoms with Gasteiger partial charge in [-0.25, -0.2) is 18.4 Å². The van der Waals surface area contributed by atoms with E-state index < -0.39 is 15.4 Å². The van der Waals surface area contributed by atoms with Crippen molar-refractivity contribution in [2.75, 3.05) is 11.0 Å². The molecular weight excluding hydrogens is 541 g/mol. The van der Waals surface area contributed by atoms with Gasteiger partial charge in [0.15, 0.2) is 5.75 Å². The number of aromatic hydroxyl groups is 1. The zero-order valence-corrected chi connectivity index (χ0v) is 22.6. The minimum absolute atomic E-state index is 0. The summed E-state index contributed by atoms with van der Waals surface area (Å²) in [5.41, 5.74) is 1.89. The van der Waals surface area contributed by atoms with Gasteiger partial charge in [0.05, 0.1) is 22.5 Å². The van der Waals surface area contributed by atoms with Gasteiger partial charge in [0.25, 0.3) is 0 Å². The van der Waals surface area contributed by atoms with Crippen molar-refractivity contribution >= 4 is 27.6 Å². The molecule has 2 aromatic carbocycles. The second-order valence-corrected chi connectivity index (χ2v) is 9.81. The number of rotatable bonds is 7. The van der Waals surface area contributed by atoms with E-state index in [9.17, 15) is 18.8 Å². The molecule has 0 spiro atoms. The molecule has 0 aliphatic carbocycles. The van der Waals surface area contributed by atoms with Crippen LogP contribution in [0.2, 0.25) is 5.02 Å². The molecule has 0 amide bonds. The third kappa shape index (κ3) is 6.87. The van der Waals surface area contributed by atoms with Gasteiger partial charge in [-0.1, -0.05) is 37.6 Å². The topological polar surface area (TPSA) is 125 Å². The fraction of sp³-hybridized carbons (Fsp3) is 0.227. The normalized spacial score (nSPS) is 11.2. The van der Waals surface area contributed by atoms with Crippen molar-refractivity contribution < 1.29 is 51.0 Å². The van der Waals surface area contributed by atoms with E-state index in [-0.39, 0.29) is 61.6 Å². The molecule has 0 aliphatic rings. The average molecular weight is 562 g/mol. The molecule has 8 nitrogen and oxygen atoms in total. The average Bonchev–Trinajstić information content (AvgIpc) is 2.73. The van der Waals surface area contributed by atoms with E-state index in [1.54, 1.807) is 30.3 Å². The zero-order valence-electron chi connectivity index (χ0n) is 18.2. The number of sulfonamides is 1. The van der Waals surface area contributed by atoms with E-state index in [2.05, 4.69) is 14.7 Å². The van der Waals surface area contributed by atoms with Gasteiger partial charge >= 0.3 is 0 Å². The molecule has 3 rings (SSSR count). The molecule has 1 aromatic heterocycles. The number of hydrogen-bond donors (Lipinski definition) is 2. The Bertz CT molecular complexity index is 1290. The number of phenolic OH excluding ortho intramolecular Hbond substituents is 1. The van der Waals surface area contributed by atoms with Crippen molar-refractivity contribution in [3.8, 4) is 17.6 Å². The van der Waals surface area contributed by atoms with Crippen molar-refractivity contribution in [3.63, 3.8) is 0 Å². The summed E-state index contributed by atoms with van der Waals surface area (Å²) in [6.07, 6.45) is 2.47. The Hall–Kier alpha value is -2.25. The predicted octanol–water partition coefficient (Wildman–Crippen LogP) is 3.98. The van der Waals surface area contributed by atoms with E-state index in [0.717, 1.165) is 17.4 Å². The number of benzene rings is 2. The monoisotopic (exact) mass is 561 g/mol. The van der Waals surface area contributed by atoms with Crippen LogP contribution in [0.15, 0.2) is 48.7 Å². The maximum Gasteiger partial charge on any atom is 0.236 e. The Labute approximate surface area is 222 Å². The molecule has 169 valence electrons. The van der Waals surface area contributed by atoms with Gasteiger partial charge in [-0.3, -0.25) is 4.72 Å². The van der Waals surface area contributed by atoms with Crippen molar-refractivity contribution in [1.29, 1.82) is 5.26 Å². The van der Waals surface area contributed by atoms with Crippen molar-refractivity contribution in [1.82, 2.24) is 9.97 Å². The Morgan fingerprint density at radius 2 is 1.85 bits per heavy atom. The van der Waals surface area contributed by atoms with Crippen LogP contribution in [-0.2, 0) is 54.8 Å². The zero-order chi connectivity index (χ0) is 23.5. The van der Waals surface area contributed by atoms with Crippen LogP contribution in [-0.4, -0.2) is 29.7 Å². The first-order valence-corrected chi connectivity index (χ1v) is 11.7. The molecular formula is C22H21ClN4O4SY. The van der Waals surface area contributed by atoms with Crippen LogP contribution in [0.4, 0.5) is 5.95 Å². The summed E-state index contributed by atoms with van der Waals surface area (Å²) < 4.78 is 30.6. The van der Waals surface area contributed by atoms with Crippen LogP contribution in [0.5, 0.6) is 11.5 Å². The third-order valence-corrected chi connectivity index (χ3v) is 5.70. The summed E-state index contributed by atoms with van der Waals surface area (Å²) >= 11 is 6.09. The molecule has 1 heterocycles. The van der Waals surface area contributed by atoms with Crippen LogP contribution in [0.25, 0.3) is 0 Å². The van der Waals surface area contributed by atoms with Crippen molar-refractivity contribution in [2.45, 2.75) is 25.9 Å². The van der Waals surface area contributed by atoms with Crippen molar-refractivity contribution in [2.24, 2.45) is 0 Å². The minimum atomic E-state index is -3.47. The van der Waals surface area contributed by atoms with Crippen LogP contribution in [0.3, 0.4) is 0 Å². The van der Waals surface area contributed by atoms with E-state index >= 15 is 0 Å².